The van der Waals surface area contributed by atoms with Crippen LogP contribution in [0, 0.1) is 10.1 Å². The van der Waals surface area contributed by atoms with Crippen LogP contribution in [0.25, 0.3) is 11.3 Å². The van der Waals surface area contributed by atoms with Crippen LogP contribution in [0.4, 0.5) is 11.4 Å². The van der Waals surface area contributed by atoms with Gasteiger partial charge in [0.15, 0.2) is 0 Å². The summed E-state index contributed by atoms with van der Waals surface area (Å²) in [5.41, 5.74) is 0.737. The van der Waals surface area contributed by atoms with E-state index in [1.165, 1.54) is 26.2 Å². The zero-order chi connectivity index (χ0) is 19.0. The summed E-state index contributed by atoms with van der Waals surface area (Å²) < 4.78 is 5.42. The molecule has 1 heterocycles. The monoisotopic (exact) mass is 372 g/mol. The van der Waals surface area contributed by atoms with E-state index >= 15 is 0 Å². The first-order valence-electron chi connectivity index (χ1n) is 7.53. The Morgan fingerprint density at radius 1 is 1.23 bits per heavy atom. The zero-order valence-corrected chi connectivity index (χ0v) is 14.6. The fraction of sp³-hybridized carbons (Fsp3) is 0.111. The lowest BCUT2D eigenvalue weighted by Crippen LogP contribution is -2.31. The number of nitro benzene ring substituents is 1. The van der Waals surface area contributed by atoms with Crippen molar-refractivity contribution < 1.29 is 19.2 Å². The number of amides is 2. The standard InChI is InChI=1S/C18H13ClN2O5/c1-10(22)20-14-9-13(19)15(21(24)25)8-12(14)16(18(20)23)17(26-2)11-6-4-3-5-7-11/h3-9H,1-2H3/b17-16-. The van der Waals surface area contributed by atoms with Gasteiger partial charge in [-0.3, -0.25) is 19.7 Å². The summed E-state index contributed by atoms with van der Waals surface area (Å²) >= 11 is 5.96. The second-order valence-electron chi connectivity index (χ2n) is 5.51. The van der Waals surface area contributed by atoms with Crippen molar-refractivity contribution in [3.63, 3.8) is 0 Å². The minimum Gasteiger partial charge on any atom is -0.495 e. The molecule has 0 atom stereocenters. The Kier molecular flexibility index (Phi) is 4.48. The number of anilines is 1. The minimum absolute atomic E-state index is 0.0728. The largest absolute Gasteiger partial charge is 0.495 e. The summed E-state index contributed by atoms with van der Waals surface area (Å²) in [5.74, 6) is -0.929. The number of methoxy groups -OCH3 is 1. The molecule has 0 unspecified atom stereocenters. The van der Waals surface area contributed by atoms with E-state index < -0.39 is 16.7 Å². The molecule has 0 bridgehead atoms. The molecule has 1 aliphatic rings. The maximum absolute atomic E-state index is 12.9. The zero-order valence-electron chi connectivity index (χ0n) is 13.9. The predicted octanol–water partition coefficient (Wildman–Crippen LogP) is 3.66. The Morgan fingerprint density at radius 3 is 2.42 bits per heavy atom. The van der Waals surface area contributed by atoms with Gasteiger partial charge in [-0.15, -0.1) is 0 Å². The Morgan fingerprint density at radius 2 is 1.88 bits per heavy atom. The molecule has 0 aromatic heterocycles. The van der Waals surface area contributed by atoms with Gasteiger partial charge in [-0.1, -0.05) is 41.9 Å². The molecule has 2 amide bonds. The van der Waals surface area contributed by atoms with Gasteiger partial charge in [0.1, 0.15) is 10.8 Å². The number of benzene rings is 2. The van der Waals surface area contributed by atoms with Gasteiger partial charge in [-0.05, 0) is 6.07 Å². The van der Waals surface area contributed by atoms with Crippen molar-refractivity contribution in [1.29, 1.82) is 0 Å². The van der Waals surface area contributed by atoms with Crippen molar-refractivity contribution in [3.8, 4) is 0 Å². The number of hydrogen-bond acceptors (Lipinski definition) is 5. The summed E-state index contributed by atoms with van der Waals surface area (Å²) in [7, 11) is 1.39. The molecule has 2 aromatic rings. The smallest absolute Gasteiger partial charge is 0.288 e. The SMILES string of the molecule is CO/C(=C1\C(=O)N(C(C)=O)c2cc(Cl)c([N+](=O)[O-])cc21)c1ccccc1. The number of nitro groups is 1. The van der Waals surface area contributed by atoms with Crippen LogP contribution >= 0.6 is 11.6 Å². The summed E-state index contributed by atoms with van der Waals surface area (Å²) in [6, 6.07) is 11.2. The third kappa shape index (κ3) is 2.72. The summed E-state index contributed by atoms with van der Waals surface area (Å²) in [4.78, 5) is 36.5. The van der Waals surface area contributed by atoms with Crippen molar-refractivity contribution in [3.05, 3.63) is 68.7 Å². The van der Waals surface area contributed by atoms with Gasteiger partial charge in [0.2, 0.25) is 5.91 Å². The number of halogens is 1. The van der Waals surface area contributed by atoms with Gasteiger partial charge in [-0.2, -0.15) is 0 Å². The topological polar surface area (TPSA) is 89.8 Å². The lowest BCUT2D eigenvalue weighted by atomic mass is 10.0. The molecule has 2 aromatic carbocycles. The van der Waals surface area contributed by atoms with Crippen molar-refractivity contribution in [1.82, 2.24) is 0 Å². The van der Waals surface area contributed by atoms with E-state index in [2.05, 4.69) is 0 Å². The number of fused-ring (bicyclic) bond motifs is 1. The highest BCUT2D eigenvalue weighted by Crippen LogP contribution is 2.45. The maximum Gasteiger partial charge on any atom is 0.288 e. The van der Waals surface area contributed by atoms with Gasteiger partial charge >= 0.3 is 0 Å². The first kappa shape index (κ1) is 17.6. The molecule has 26 heavy (non-hydrogen) atoms. The molecule has 132 valence electrons. The van der Waals surface area contributed by atoms with Crippen molar-refractivity contribution in [2.75, 3.05) is 12.0 Å². The molecule has 8 heteroatoms. The van der Waals surface area contributed by atoms with Crippen molar-refractivity contribution in [2.45, 2.75) is 6.92 Å². The third-order valence-electron chi connectivity index (χ3n) is 3.97. The normalized spacial score (nSPS) is 14.9. The molecule has 0 spiro atoms. The summed E-state index contributed by atoms with van der Waals surface area (Å²) in [6.07, 6.45) is 0. The fourth-order valence-corrected chi connectivity index (χ4v) is 3.13. The predicted molar refractivity (Wildman–Crippen MR) is 96.5 cm³/mol. The average molecular weight is 373 g/mol. The highest BCUT2D eigenvalue weighted by molar-refractivity contribution is 6.44. The van der Waals surface area contributed by atoms with Gasteiger partial charge in [0, 0.05) is 24.1 Å². The van der Waals surface area contributed by atoms with Crippen LogP contribution in [-0.4, -0.2) is 23.8 Å². The number of carbonyl (C=O) groups is 2. The van der Waals surface area contributed by atoms with Crippen molar-refractivity contribution >= 4 is 46.1 Å². The van der Waals surface area contributed by atoms with Crippen LogP contribution in [0.5, 0.6) is 0 Å². The van der Waals surface area contributed by atoms with E-state index in [1.54, 1.807) is 30.3 Å². The molecule has 0 fully saturated rings. The second-order valence-corrected chi connectivity index (χ2v) is 5.92. The van der Waals surface area contributed by atoms with Gasteiger partial charge in [-0.25, -0.2) is 4.90 Å². The van der Waals surface area contributed by atoms with Crippen LogP contribution in [0.1, 0.15) is 18.1 Å². The molecule has 0 saturated heterocycles. The first-order valence-corrected chi connectivity index (χ1v) is 7.91. The molecule has 1 aliphatic heterocycles. The molecule has 0 saturated carbocycles. The van der Waals surface area contributed by atoms with Gasteiger partial charge < -0.3 is 4.74 Å². The molecule has 3 rings (SSSR count). The van der Waals surface area contributed by atoms with E-state index in [0.717, 1.165) is 4.90 Å². The molecule has 0 N–H and O–H groups in total. The number of ether oxygens (including phenoxy) is 1. The Hall–Kier alpha value is -3.19. The van der Waals surface area contributed by atoms with Crippen LogP contribution in [0.2, 0.25) is 5.02 Å². The van der Waals surface area contributed by atoms with E-state index in [-0.39, 0.29) is 33.3 Å². The molecular formula is C18H13ClN2O5. The lowest BCUT2D eigenvalue weighted by molar-refractivity contribution is -0.384. The molecule has 0 radical (unpaired) electrons. The third-order valence-corrected chi connectivity index (χ3v) is 4.27. The highest BCUT2D eigenvalue weighted by Gasteiger charge is 2.40. The Balaban J connectivity index is 2.37. The van der Waals surface area contributed by atoms with Crippen LogP contribution in [0.3, 0.4) is 0 Å². The summed E-state index contributed by atoms with van der Waals surface area (Å²) in [6.45, 7) is 1.23. The second kappa shape index (κ2) is 6.61. The van der Waals surface area contributed by atoms with Crippen molar-refractivity contribution in [2.24, 2.45) is 0 Å². The minimum atomic E-state index is -0.643. The number of rotatable bonds is 3. The van der Waals surface area contributed by atoms with Gasteiger partial charge in [0.25, 0.3) is 11.6 Å². The van der Waals surface area contributed by atoms with Crippen LogP contribution in [-0.2, 0) is 14.3 Å². The Bertz CT molecular complexity index is 969. The van der Waals surface area contributed by atoms with E-state index in [4.69, 9.17) is 16.3 Å². The number of carbonyl (C=O) groups excluding carboxylic acids is 2. The first-order chi connectivity index (χ1) is 12.4. The van der Waals surface area contributed by atoms with Gasteiger partial charge in [0.05, 0.1) is 23.3 Å². The number of imide groups is 1. The molecular weight excluding hydrogens is 360 g/mol. The molecule has 7 nitrogen and oxygen atoms in total. The van der Waals surface area contributed by atoms with E-state index in [0.29, 0.717) is 5.56 Å². The highest BCUT2D eigenvalue weighted by atomic mass is 35.5. The van der Waals surface area contributed by atoms with E-state index in [9.17, 15) is 19.7 Å². The summed E-state index contributed by atoms with van der Waals surface area (Å²) in [5, 5.41) is 11.1. The number of hydrogen-bond donors (Lipinski definition) is 0. The lowest BCUT2D eigenvalue weighted by Gasteiger charge is -2.12. The fourth-order valence-electron chi connectivity index (χ4n) is 2.90. The quantitative estimate of drug-likeness (QED) is 0.355. The maximum atomic E-state index is 12.9. The number of nitrogens with zero attached hydrogens (tertiary/aromatic N) is 2. The average Bonchev–Trinajstić information content (AvgIpc) is 2.87. The van der Waals surface area contributed by atoms with E-state index in [1.807, 2.05) is 0 Å². The van der Waals surface area contributed by atoms with Crippen LogP contribution in [0.15, 0.2) is 42.5 Å². The van der Waals surface area contributed by atoms with Crippen LogP contribution < -0.4 is 4.90 Å². The Labute approximate surface area is 153 Å². The molecule has 0 aliphatic carbocycles.